The number of amides is 2. The van der Waals surface area contributed by atoms with Crippen LogP contribution in [0.15, 0.2) is 24.3 Å². The van der Waals surface area contributed by atoms with Gasteiger partial charge in [0.05, 0.1) is 23.6 Å². The van der Waals surface area contributed by atoms with Crippen molar-refractivity contribution in [3.63, 3.8) is 0 Å². The number of fused-ring (bicyclic) bond motifs is 1. The minimum Gasteiger partial charge on any atom is -0.341 e. The highest BCUT2D eigenvalue weighted by molar-refractivity contribution is 6.00. The van der Waals surface area contributed by atoms with Crippen LogP contribution in [-0.2, 0) is 16.1 Å². The van der Waals surface area contributed by atoms with Gasteiger partial charge in [0.2, 0.25) is 11.8 Å². The van der Waals surface area contributed by atoms with Gasteiger partial charge in [0.1, 0.15) is 5.82 Å². The number of nitrogens with zero attached hydrogens (tertiary/aromatic N) is 1. The number of aromatic amines is 1. The van der Waals surface area contributed by atoms with Gasteiger partial charge >= 0.3 is 0 Å². The summed E-state index contributed by atoms with van der Waals surface area (Å²) in [6, 6.07) is 7.43. The third kappa shape index (κ3) is 2.48. The van der Waals surface area contributed by atoms with Crippen molar-refractivity contribution < 1.29 is 9.59 Å². The number of para-hydroxylation sites is 2. The minimum atomic E-state index is -0.328. The fourth-order valence-electron chi connectivity index (χ4n) is 2.20. The second-order valence-electron chi connectivity index (χ2n) is 4.59. The van der Waals surface area contributed by atoms with Gasteiger partial charge in [0, 0.05) is 6.42 Å². The number of carbonyl (C=O) groups excluding carboxylic acids is 2. The van der Waals surface area contributed by atoms with E-state index in [4.69, 9.17) is 0 Å². The van der Waals surface area contributed by atoms with Crippen molar-refractivity contribution >= 4 is 22.8 Å². The molecular formula is C13H14N4O2. The first-order valence-corrected chi connectivity index (χ1v) is 6.23. The molecule has 1 aromatic heterocycles. The van der Waals surface area contributed by atoms with Crippen LogP contribution < -0.4 is 10.6 Å². The molecule has 19 heavy (non-hydrogen) atoms. The second-order valence-corrected chi connectivity index (χ2v) is 4.59. The zero-order valence-electron chi connectivity index (χ0n) is 10.3. The van der Waals surface area contributed by atoms with E-state index in [2.05, 4.69) is 20.6 Å². The molecular weight excluding hydrogens is 244 g/mol. The van der Waals surface area contributed by atoms with Gasteiger partial charge in [-0.25, -0.2) is 4.98 Å². The molecule has 1 aliphatic rings. The van der Waals surface area contributed by atoms with Crippen molar-refractivity contribution in [3.05, 3.63) is 30.1 Å². The third-order valence-electron chi connectivity index (χ3n) is 3.19. The van der Waals surface area contributed by atoms with Gasteiger partial charge in [-0.15, -0.1) is 0 Å². The largest absolute Gasteiger partial charge is 0.341 e. The van der Waals surface area contributed by atoms with Crippen LogP contribution in [0.25, 0.3) is 11.0 Å². The number of carbonyl (C=O) groups is 2. The summed E-state index contributed by atoms with van der Waals surface area (Å²) in [6.45, 7) is 0.473. The molecule has 98 valence electrons. The van der Waals surface area contributed by atoms with Gasteiger partial charge in [-0.2, -0.15) is 0 Å². The summed E-state index contributed by atoms with van der Waals surface area (Å²) in [4.78, 5) is 30.2. The van der Waals surface area contributed by atoms with Gasteiger partial charge in [0.15, 0.2) is 0 Å². The lowest BCUT2D eigenvalue weighted by atomic mass is 10.1. The number of nitrogens with one attached hydrogen (secondary N) is 3. The lowest BCUT2D eigenvalue weighted by Gasteiger charge is -2.21. The molecule has 0 spiro atoms. The zero-order chi connectivity index (χ0) is 13.2. The molecule has 3 rings (SSSR count). The van der Waals surface area contributed by atoms with Gasteiger partial charge in [-0.3, -0.25) is 20.2 Å². The highest BCUT2D eigenvalue weighted by atomic mass is 16.2. The minimum absolute atomic E-state index is 0.202. The zero-order valence-corrected chi connectivity index (χ0v) is 10.3. The molecule has 0 aliphatic carbocycles. The molecule has 1 unspecified atom stereocenters. The monoisotopic (exact) mass is 258 g/mol. The smallest absolute Gasteiger partial charge is 0.243 e. The molecule has 2 heterocycles. The van der Waals surface area contributed by atoms with Crippen molar-refractivity contribution in [1.82, 2.24) is 20.6 Å². The molecule has 0 saturated carbocycles. The summed E-state index contributed by atoms with van der Waals surface area (Å²) in [6.07, 6.45) is 0.911. The predicted molar refractivity (Wildman–Crippen MR) is 69.1 cm³/mol. The molecule has 1 saturated heterocycles. The maximum atomic E-state index is 11.6. The van der Waals surface area contributed by atoms with E-state index >= 15 is 0 Å². The fourth-order valence-corrected chi connectivity index (χ4v) is 2.20. The molecule has 6 nitrogen and oxygen atoms in total. The quantitative estimate of drug-likeness (QED) is 0.698. The van der Waals surface area contributed by atoms with E-state index in [9.17, 15) is 9.59 Å². The van der Waals surface area contributed by atoms with Crippen molar-refractivity contribution in [2.24, 2.45) is 0 Å². The van der Waals surface area contributed by atoms with E-state index in [1.807, 2.05) is 24.3 Å². The molecule has 1 atom stereocenters. The van der Waals surface area contributed by atoms with Crippen LogP contribution in [0.2, 0.25) is 0 Å². The van der Waals surface area contributed by atoms with E-state index in [1.165, 1.54) is 0 Å². The van der Waals surface area contributed by atoms with E-state index in [-0.39, 0.29) is 17.9 Å². The Bertz CT molecular complexity index is 601. The Hall–Kier alpha value is -2.21. The average molecular weight is 258 g/mol. The van der Waals surface area contributed by atoms with E-state index < -0.39 is 0 Å². The first-order chi connectivity index (χ1) is 9.22. The van der Waals surface area contributed by atoms with Crippen LogP contribution in [0.1, 0.15) is 18.7 Å². The first kappa shape index (κ1) is 11.9. The SMILES string of the molecule is O=C1CCC(NCc2nc3ccccc3[nH]2)C(=O)N1. The maximum absolute atomic E-state index is 11.6. The highest BCUT2D eigenvalue weighted by Gasteiger charge is 2.25. The summed E-state index contributed by atoms with van der Waals surface area (Å²) < 4.78 is 0. The number of imidazole rings is 1. The van der Waals surface area contributed by atoms with Crippen LogP contribution in [0.5, 0.6) is 0 Å². The average Bonchev–Trinajstić information content (AvgIpc) is 2.80. The Morgan fingerprint density at radius 2 is 2.16 bits per heavy atom. The number of rotatable bonds is 3. The molecule has 1 aliphatic heterocycles. The van der Waals surface area contributed by atoms with E-state index in [0.717, 1.165) is 16.9 Å². The first-order valence-electron chi connectivity index (χ1n) is 6.23. The normalized spacial score (nSPS) is 19.7. The molecule has 1 aromatic carbocycles. The van der Waals surface area contributed by atoms with Crippen molar-refractivity contribution in [3.8, 4) is 0 Å². The summed E-state index contributed by atoms with van der Waals surface area (Å²) >= 11 is 0. The second kappa shape index (κ2) is 4.81. The molecule has 3 N–H and O–H groups in total. The number of hydrogen-bond donors (Lipinski definition) is 3. The number of aromatic nitrogens is 2. The predicted octanol–water partition coefficient (Wildman–Crippen LogP) is 0.458. The van der Waals surface area contributed by atoms with E-state index in [0.29, 0.717) is 19.4 Å². The number of piperidine rings is 1. The summed E-state index contributed by atoms with van der Waals surface area (Å²) in [5.74, 6) is 0.324. The van der Waals surface area contributed by atoms with Gasteiger partial charge < -0.3 is 4.98 Å². The third-order valence-corrected chi connectivity index (χ3v) is 3.19. The lowest BCUT2D eigenvalue weighted by Crippen LogP contribution is -2.50. The molecule has 6 heteroatoms. The number of hydrogen-bond acceptors (Lipinski definition) is 4. The Morgan fingerprint density at radius 1 is 1.32 bits per heavy atom. The molecule has 0 radical (unpaired) electrons. The molecule has 2 aromatic rings. The van der Waals surface area contributed by atoms with Crippen molar-refractivity contribution in [2.45, 2.75) is 25.4 Å². The Kier molecular flexibility index (Phi) is 3.00. The summed E-state index contributed by atoms with van der Waals surface area (Å²) in [5, 5.41) is 5.43. The molecule has 1 fully saturated rings. The molecule has 0 bridgehead atoms. The van der Waals surface area contributed by atoms with Crippen LogP contribution in [0, 0.1) is 0 Å². The summed E-state index contributed by atoms with van der Waals surface area (Å²) in [7, 11) is 0. The van der Waals surface area contributed by atoms with Crippen LogP contribution >= 0.6 is 0 Å². The lowest BCUT2D eigenvalue weighted by molar-refractivity contribution is -0.134. The Labute approximate surface area is 109 Å². The number of H-pyrrole nitrogens is 1. The van der Waals surface area contributed by atoms with E-state index in [1.54, 1.807) is 0 Å². The van der Waals surface area contributed by atoms with Crippen molar-refractivity contribution in [2.75, 3.05) is 0 Å². The number of imide groups is 1. The highest BCUT2D eigenvalue weighted by Crippen LogP contribution is 2.11. The molecule has 2 amide bonds. The van der Waals surface area contributed by atoms with Gasteiger partial charge in [-0.1, -0.05) is 12.1 Å². The Morgan fingerprint density at radius 3 is 2.95 bits per heavy atom. The Balaban J connectivity index is 1.65. The van der Waals surface area contributed by atoms with Gasteiger partial charge in [0.25, 0.3) is 0 Å². The van der Waals surface area contributed by atoms with Crippen LogP contribution in [0.4, 0.5) is 0 Å². The van der Waals surface area contributed by atoms with Crippen LogP contribution in [0.3, 0.4) is 0 Å². The van der Waals surface area contributed by atoms with Crippen LogP contribution in [-0.4, -0.2) is 27.8 Å². The topological polar surface area (TPSA) is 86.9 Å². The fraction of sp³-hybridized carbons (Fsp3) is 0.308. The van der Waals surface area contributed by atoms with Crippen molar-refractivity contribution in [1.29, 1.82) is 0 Å². The van der Waals surface area contributed by atoms with Gasteiger partial charge in [-0.05, 0) is 18.6 Å². The maximum Gasteiger partial charge on any atom is 0.243 e. The standard InChI is InChI=1S/C13H14N4O2/c18-12-6-5-10(13(19)17-12)14-7-11-15-8-3-1-2-4-9(8)16-11/h1-4,10,14H,5-7H2,(H,15,16)(H,17,18,19). The number of benzene rings is 1. The summed E-state index contributed by atoms with van der Waals surface area (Å²) in [5.41, 5.74) is 1.88.